The Balaban J connectivity index is 1.98. The number of benzene rings is 1. The van der Waals surface area contributed by atoms with Gasteiger partial charge in [0.15, 0.2) is 5.65 Å². The van der Waals surface area contributed by atoms with Crippen LogP contribution in [-0.4, -0.2) is 15.0 Å². The Labute approximate surface area is 110 Å². The van der Waals surface area contributed by atoms with Crippen LogP contribution in [0, 0.1) is 6.92 Å². The molecule has 4 heteroatoms. The van der Waals surface area contributed by atoms with Crippen LogP contribution in [0.1, 0.15) is 17.1 Å². The molecule has 0 bridgehead atoms. The number of imidazole rings is 1. The van der Waals surface area contributed by atoms with Crippen molar-refractivity contribution in [1.82, 2.24) is 15.0 Å². The average Bonchev–Trinajstić information content (AvgIpc) is 2.73. The zero-order chi connectivity index (χ0) is 12.5. The minimum Gasteiger partial charge on any atom is -0.340 e. The smallest absolute Gasteiger partial charge is 0.177 e. The SMILES string of the molecule is Cc1ccc2[nH]c(Cc3ccccc3Cl)nc2n1. The van der Waals surface area contributed by atoms with Crippen molar-refractivity contribution in [2.24, 2.45) is 0 Å². The van der Waals surface area contributed by atoms with Gasteiger partial charge in [0.2, 0.25) is 0 Å². The molecule has 0 spiro atoms. The molecule has 1 N–H and O–H groups in total. The summed E-state index contributed by atoms with van der Waals surface area (Å²) in [6.45, 7) is 1.96. The lowest BCUT2D eigenvalue weighted by atomic mass is 10.1. The minimum atomic E-state index is 0.690. The molecule has 0 saturated carbocycles. The Morgan fingerprint density at radius 2 is 1.94 bits per heavy atom. The lowest BCUT2D eigenvalue weighted by molar-refractivity contribution is 1.03. The largest absolute Gasteiger partial charge is 0.340 e. The van der Waals surface area contributed by atoms with Crippen LogP contribution in [0.25, 0.3) is 11.2 Å². The Morgan fingerprint density at radius 1 is 1.11 bits per heavy atom. The molecule has 0 radical (unpaired) electrons. The quantitative estimate of drug-likeness (QED) is 0.763. The molecule has 2 aromatic heterocycles. The lowest BCUT2D eigenvalue weighted by Crippen LogP contribution is -1.91. The number of pyridine rings is 1. The van der Waals surface area contributed by atoms with Crippen LogP contribution in [0.5, 0.6) is 0 Å². The van der Waals surface area contributed by atoms with E-state index in [0.717, 1.165) is 33.3 Å². The fraction of sp³-hybridized carbons (Fsp3) is 0.143. The van der Waals surface area contributed by atoms with E-state index in [0.29, 0.717) is 6.42 Å². The molecule has 0 aliphatic heterocycles. The van der Waals surface area contributed by atoms with Crippen molar-refractivity contribution in [2.45, 2.75) is 13.3 Å². The molecule has 3 aromatic rings. The molecule has 18 heavy (non-hydrogen) atoms. The molecule has 0 saturated heterocycles. The summed E-state index contributed by atoms with van der Waals surface area (Å²) < 4.78 is 0. The van der Waals surface area contributed by atoms with E-state index in [1.807, 2.05) is 43.3 Å². The third kappa shape index (κ3) is 2.09. The van der Waals surface area contributed by atoms with Crippen LogP contribution in [0.15, 0.2) is 36.4 Å². The van der Waals surface area contributed by atoms with E-state index >= 15 is 0 Å². The maximum atomic E-state index is 6.14. The van der Waals surface area contributed by atoms with E-state index in [1.165, 1.54) is 0 Å². The second kappa shape index (κ2) is 4.42. The molecule has 0 aliphatic carbocycles. The summed E-state index contributed by atoms with van der Waals surface area (Å²) in [5, 5.41) is 0.766. The molecule has 0 unspecified atom stereocenters. The summed E-state index contributed by atoms with van der Waals surface area (Å²) >= 11 is 6.14. The zero-order valence-corrected chi connectivity index (χ0v) is 10.7. The highest BCUT2D eigenvalue weighted by Gasteiger charge is 2.06. The van der Waals surface area contributed by atoms with Crippen LogP contribution in [0.4, 0.5) is 0 Å². The van der Waals surface area contributed by atoms with Gasteiger partial charge in [-0.2, -0.15) is 0 Å². The maximum Gasteiger partial charge on any atom is 0.177 e. The number of hydrogen-bond donors (Lipinski definition) is 1. The van der Waals surface area contributed by atoms with E-state index in [2.05, 4.69) is 15.0 Å². The molecule has 3 rings (SSSR count). The van der Waals surface area contributed by atoms with E-state index in [4.69, 9.17) is 11.6 Å². The number of aryl methyl sites for hydroxylation is 1. The molecular weight excluding hydrogens is 246 g/mol. The predicted molar refractivity (Wildman–Crippen MR) is 72.9 cm³/mol. The molecule has 2 heterocycles. The number of aromatic nitrogens is 3. The number of H-pyrrole nitrogens is 1. The topological polar surface area (TPSA) is 41.6 Å². The van der Waals surface area contributed by atoms with Gasteiger partial charge in [-0.3, -0.25) is 0 Å². The van der Waals surface area contributed by atoms with E-state index in [-0.39, 0.29) is 0 Å². The van der Waals surface area contributed by atoms with Gasteiger partial charge >= 0.3 is 0 Å². The van der Waals surface area contributed by atoms with Crippen LogP contribution < -0.4 is 0 Å². The van der Waals surface area contributed by atoms with Crippen molar-refractivity contribution in [1.29, 1.82) is 0 Å². The lowest BCUT2D eigenvalue weighted by Gasteiger charge is -2.00. The normalized spacial score (nSPS) is 11.0. The highest BCUT2D eigenvalue weighted by Crippen LogP contribution is 2.19. The predicted octanol–water partition coefficient (Wildman–Crippen LogP) is 3.51. The van der Waals surface area contributed by atoms with Gasteiger partial charge in [0.05, 0.1) is 5.52 Å². The first-order chi connectivity index (χ1) is 8.72. The number of aromatic amines is 1. The number of fused-ring (bicyclic) bond motifs is 1. The zero-order valence-electron chi connectivity index (χ0n) is 9.94. The van der Waals surface area contributed by atoms with E-state index in [1.54, 1.807) is 0 Å². The summed E-state index contributed by atoms with van der Waals surface area (Å²) in [6.07, 6.45) is 0.690. The maximum absolute atomic E-state index is 6.14. The molecule has 1 aromatic carbocycles. The Kier molecular flexibility index (Phi) is 2.76. The van der Waals surface area contributed by atoms with Gasteiger partial charge in [-0.25, -0.2) is 9.97 Å². The van der Waals surface area contributed by atoms with Gasteiger partial charge in [-0.15, -0.1) is 0 Å². The third-order valence-corrected chi connectivity index (χ3v) is 3.22. The van der Waals surface area contributed by atoms with E-state index < -0.39 is 0 Å². The summed E-state index contributed by atoms with van der Waals surface area (Å²) in [6, 6.07) is 11.8. The number of nitrogens with one attached hydrogen (secondary N) is 1. The van der Waals surface area contributed by atoms with Crippen molar-refractivity contribution in [3.63, 3.8) is 0 Å². The first-order valence-corrected chi connectivity index (χ1v) is 6.16. The standard InChI is InChI=1S/C14H12ClN3/c1-9-6-7-12-14(16-9)18-13(17-12)8-10-4-2-3-5-11(10)15/h2-7H,8H2,1H3,(H,16,17,18). The monoisotopic (exact) mass is 257 g/mol. The number of halogens is 1. The second-order valence-corrected chi connectivity index (χ2v) is 4.68. The number of nitrogens with zero attached hydrogens (tertiary/aromatic N) is 2. The summed E-state index contributed by atoms with van der Waals surface area (Å²) in [7, 11) is 0. The van der Waals surface area contributed by atoms with E-state index in [9.17, 15) is 0 Å². The second-order valence-electron chi connectivity index (χ2n) is 4.28. The number of rotatable bonds is 2. The van der Waals surface area contributed by atoms with Gasteiger partial charge in [0.1, 0.15) is 5.82 Å². The molecule has 0 aliphatic rings. The Morgan fingerprint density at radius 3 is 2.78 bits per heavy atom. The molecule has 0 amide bonds. The summed E-state index contributed by atoms with van der Waals surface area (Å²) in [4.78, 5) is 12.1. The van der Waals surface area contributed by atoms with Crippen LogP contribution >= 0.6 is 11.6 Å². The van der Waals surface area contributed by atoms with Crippen LogP contribution in [-0.2, 0) is 6.42 Å². The number of hydrogen-bond acceptors (Lipinski definition) is 2. The van der Waals surface area contributed by atoms with Gasteiger partial charge in [-0.1, -0.05) is 29.8 Å². The van der Waals surface area contributed by atoms with Gasteiger partial charge in [-0.05, 0) is 30.7 Å². The fourth-order valence-corrected chi connectivity index (χ4v) is 2.15. The molecule has 0 atom stereocenters. The van der Waals surface area contributed by atoms with Crippen molar-refractivity contribution in [3.8, 4) is 0 Å². The van der Waals surface area contributed by atoms with Crippen molar-refractivity contribution in [2.75, 3.05) is 0 Å². The molecular formula is C14H12ClN3. The molecule has 3 nitrogen and oxygen atoms in total. The molecule has 90 valence electrons. The highest BCUT2D eigenvalue weighted by molar-refractivity contribution is 6.31. The van der Waals surface area contributed by atoms with Crippen molar-refractivity contribution >= 4 is 22.8 Å². The fourth-order valence-electron chi connectivity index (χ4n) is 1.94. The Hall–Kier alpha value is -1.87. The van der Waals surface area contributed by atoms with Gasteiger partial charge in [0, 0.05) is 17.1 Å². The molecule has 0 fully saturated rings. The van der Waals surface area contributed by atoms with Crippen LogP contribution in [0.3, 0.4) is 0 Å². The van der Waals surface area contributed by atoms with Crippen molar-refractivity contribution in [3.05, 3.63) is 58.5 Å². The first-order valence-electron chi connectivity index (χ1n) is 5.78. The highest BCUT2D eigenvalue weighted by atomic mass is 35.5. The summed E-state index contributed by atoms with van der Waals surface area (Å²) in [5.41, 5.74) is 3.76. The third-order valence-electron chi connectivity index (χ3n) is 2.85. The minimum absolute atomic E-state index is 0.690. The van der Waals surface area contributed by atoms with Crippen molar-refractivity contribution < 1.29 is 0 Å². The van der Waals surface area contributed by atoms with Gasteiger partial charge in [0.25, 0.3) is 0 Å². The summed E-state index contributed by atoms with van der Waals surface area (Å²) in [5.74, 6) is 0.885. The van der Waals surface area contributed by atoms with Gasteiger partial charge < -0.3 is 4.98 Å². The Bertz CT molecular complexity index is 703. The average molecular weight is 258 g/mol. The first kappa shape index (κ1) is 11.2. The van der Waals surface area contributed by atoms with Crippen LogP contribution in [0.2, 0.25) is 5.02 Å².